The van der Waals surface area contributed by atoms with Gasteiger partial charge in [0.25, 0.3) is 5.91 Å². The Bertz CT molecular complexity index is 1710. The van der Waals surface area contributed by atoms with E-state index in [1.54, 1.807) is 12.1 Å². The zero-order valence-electron chi connectivity index (χ0n) is 29.7. The minimum Gasteiger partial charge on any atom is -0.495 e. The summed E-state index contributed by atoms with van der Waals surface area (Å²) >= 11 is 13.2. The summed E-state index contributed by atoms with van der Waals surface area (Å²) in [4.78, 5) is 22.8. The zero-order chi connectivity index (χ0) is 35.5. The number of H-pyrrole nitrogens is 1. The van der Waals surface area contributed by atoms with Gasteiger partial charge < -0.3 is 24.1 Å². The number of nitrogens with zero attached hydrogens (tertiary/aromatic N) is 4. The van der Waals surface area contributed by atoms with Crippen molar-refractivity contribution in [2.45, 2.75) is 58.2 Å². The average Bonchev–Trinajstić information content (AvgIpc) is 3.48. The number of methoxy groups -OCH3 is 2. The first-order valence-electron chi connectivity index (χ1n) is 16.9. The number of pyridine rings is 1. The number of halogens is 2. The van der Waals surface area contributed by atoms with Gasteiger partial charge in [0.2, 0.25) is 0 Å². The highest BCUT2D eigenvalue weighted by atomic mass is 35.5. The van der Waals surface area contributed by atoms with Crippen molar-refractivity contribution in [3.05, 3.63) is 58.1 Å². The lowest BCUT2D eigenvalue weighted by Gasteiger charge is -2.43. The van der Waals surface area contributed by atoms with Gasteiger partial charge in [-0.2, -0.15) is 5.10 Å². The van der Waals surface area contributed by atoms with Gasteiger partial charge in [-0.1, -0.05) is 64.7 Å². The monoisotopic (exact) mass is 726 g/mol. The van der Waals surface area contributed by atoms with Crippen molar-refractivity contribution in [1.82, 2.24) is 20.1 Å². The van der Waals surface area contributed by atoms with E-state index in [9.17, 15) is 4.79 Å². The standard InChI is InChI=1S/C36H48Cl2N6O4Si/c1-22(2)49(23(3)4,24(5)6)48-20-19-43-15-17-44(18-16-43)26-11-9-25(10-12-26)36(45)40-35-27-13-14-28(39-34(27)41-42-35)31-32(37)29(46-7)21-30(47-8)33(31)38/h9-14,21-24H,15-20H2,1-8H3,(H2,39,40,41,42,45). The molecule has 4 aromatic rings. The molecule has 10 nitrogen and oxygen atoms in total. The van der Waals surface area contributed by atoms with Gasteiger partial charge >= 0.3 is 0 Å². The summed E-state index contributed by atoms with van der Waals surface area (Å²) in [5, 5.41) is 11.4. The lowest BCUT2D eigenvalue weighted by atomic mass is 10.1. The normalized spacial score (nSPS) is 14.3. The predicted octanol–water partition coefficient (Wildman–Crippen LogP) is 8.52. The Morgan fingerprint density at radius 3 is 2.04 bits per heavy atom. The summed E-state index contributed by atoms with van der Waals surface area (Å²) in [6.07, 6.45) is 0. The van der Waals surface area contributed by atoms with Crippen molar-refractivity contribution in [1.29, 1.82) is 0 Å². The Morgan fingerprint density at radius 2 is 1.49 bits per heavy atom. The van der Waals surface area contributed by atoms with Gasteiger partial charge in [-0.15, -0.1) is 0 Å². The molecule has 1 aliphatic rings. The Kier molecular flexibility index (Phi) is 11.8. The molecule has 2 aromatic heterocycles. The topological polar surface area (TPSA) is 105 Å². The second-order valence-corrected chi connectivity index (χ2v) is 19.7. The number of rotatable bonds is 13. The van der Waals surface area contributed by atoms with Gasteiger partial charge in [0, 0.05) is 62.2 Å². The van der Waals surface area contributed by atoms with Crippen molar-refractivity contribution in [3.8, 4) is 22.8 Å². The van der Waals surface area contributed by atoms with Crippen LogP contribution in [0.1, 0.15) is 51.9 Å². The van der Waals surface area contributed by atoms with Gasteiger partial charge in [-0.3, -0.25) is 14.8 Å². The Balaban J connectivity index is 1.18. The molecule has 3 heterocycles. The lowest BCUT2D eigenvalue weighted by Crippen LogP contribution is -2.51. The molecule has 0 spiro atoms. The van der Waals surface area contributed by atoms with Gasteiger partial charge in [-0.25, -0.2) is 4.98 Å². The molecule has 1 aliphatic heterocycles. The van der Waals surface area contributed by atoms with Gasteiger partial charge in [-0.05, 0) is 53.0 Å². The third kappa shape index (κ3) is 7.56. The molecule has 0 saturated carbocycles. The van der Waals surface area contributed by atoms with E-state index in [-0.39, 0.29) is 5.91 Å². The molecular weight excluding hydrogens is 679 g/mol. The van der Waals surface area contributed by atoms with Crippen LogP contribution in [0.25, 0.3) is 22.3 Å². The van der Waals surface area contributed by atoms with E-state index in [4.69, 9.17) is 37.1 Å². The molecule has 0 bridgehead atoms. The van der Waals surface area contributed by atoms with Crippen LogP contribution >= 0.6 is 23.2 Å². The number of anilines is 2. The second-order valence-electron chi connectivity index (χ2n) is 13.4. The maximum atomic E-state index is 13.2. The fourth-order valence-electron chi connectivity index (χ4n) is 7.33. The summed E-state index contributed by atoms with van der Waals surface area (Å²) in [6.45, 7) is 19.6. The first kappa shape index (κ1) is 36.9. The maximum Gasteiger partial charge on any atom is 0.256 e. The minimum atomic E-state index is -1.85. The first-order valence-corrected chi connectivity index (χ1v) is 19.8. The zero-order valence-corrected chi connectivity index (χ0v) is 32.2. The first-order chi connectivity index (χ1) is 23.4. The second kappa shape index (κ2) is 15.7. The molecule has 1 fully saturated rings. The molecular formula is C36H48Cl2N6O4Si. The van der Waals surface area contributed by atoms with Crippen LogP contribution in [0.2, 0.25) is 26.7 Å². The summed E-state index contributed by atoms with van der Waals surface area (Å²) in [5.41, 5.74) is 4.85. The smallest absolute Gasteiger partial charge is 0.256 e. The van der Waals surface area contributed by atoms with Crippen LogP contribution in [-0.2, 0) is 4.43 Å². The fraction of sp³-hybridized carbons (Fsp3) is 0.472. The van der Waals surface area contributed by atoms with Crippen LogP contribution in [0.15, 0.2) is 42.5 Å². The molecule has 0 aliphatic carbocycles. The van der Waals surface area contributed by atoms with Crippen LogP contribution in [-0.4, -0.2) is 87.9 Å². The SMILES string of the molecule is COc1cc(OC)c(Cl)c(-c2ccc3c(NC(=O)c4ccc(N5CCN(CCO[Si](C(C)C)(C(C)C)C(C)C)CC5)cc4)n[nH]c3n2)c1Cl. The summed E-state index contributed by atoms with van der Waals surface area (Å²) in [6, 6.07) is 12.9. The number of fused-ring (bicyclic) bond motifs is 1. The molecule has 1 amide bonds. The number of nitrogens with one attached hydrogen (secondary N) is 2. The highest BCUT2D eigenvalue weighted by Gasteiger charge is 2.45. The minimum absolute atomic E-state index is 0.263. The van der Waals surface area contributed by atoms with Crippen LogP contribution in [0, 0.1) is 0 Å². The van der Waals surface area contributed by atoms with Gasteiger partial charge in [0.15, 0.2) is 19.8 Å². The van der Waals surface area contributed by atoms with Gasteiger partial charge in [0.05, 0.1) is 35.3 Å². The summed E-state index contributed by atoms with van der Waals surface area (Å²) in [5.74, 6) is 0.933. The summed E-state index contributed by atoms with van der Waals surface area (Å²) in [7, 11) is 1.19. The number of hydrogen-bond acceptors (Lipinski definition) is 8. The number of ether oxygens (including phenoxy) is 2. The molecule has 5 rings (SSSR count). The fourth-order valence-corrected chi connectivity index (χ4v) is 13.5. The number of carbonyl (C=O) groups excluding carboxylic acids is 1. The van der Waals surface area contributed by atoms with Crippen molar-refractivity contribution < 1.29 is 18.7 Å². The molecule has 0 radical (unpaired) electrons. The van der Waals surface area contributed by atoms with Gasteiger partial charge in [0.1, 0.15) is 11.5 Å². The number of benzene rings is 2. The molecule has 264 valence electrons. The predicted molar refractivity (Wildman–Crippen MR) is 202 cm³/mol. The number of hydrogen-bond donors (Lipinski definition) is 2. The molecule has 0 unspecified atom stereocenters. The number of amides is 1. The lowest BCUT2D eigenvalue weighted by molar-refractivity contribution is 0.102. The third-order valence-corrected chi connectivity index (χ3v) is 16.7. The molecule has 2 N–H and O–H groups in total. The molecule has 1 saturated heterocycles. The number of aromatic amines is 1. The Morgan fingerprint density at radius 1 is 0.898 bits per heavy atom. The van der Waals surface area contributed by atoms with E-state index < -0.39 is 8.32 Å². The molecule has 49 heavy (non-hydrogen) atoms. The highest BCUT2D eigenvalue weighted by molar-refractivity contribution is 6.77. The van der Waals surface area contributed by atoms with E-state index in [1.807, 2.05) is 30.3 Å². The Labute approximate surface area is 300 Å². The molecule has 0 atom stereocenters. The van der Waals surface area contributed by atoms with Crippen molar-refractivity contribution in [3.63, 3.8) is 0 Å². The van der Waals surface area contributed by atoms with Crippen LogP contribution in [0.4, 0.5) is 11.5 Å². The molecule has 2 aromatic carbocycles. The average molecular weight is 728 g/mol. The number of aromatic nitrogens is 3. The van der Waals surface area contributed by atoms with E-state index in [2.05, 4.69) is 71.8 Å². The largest absolute Gasteiger partial charge is 0.495 e. The Hall–Kier alpha value is -3.35. The van der Waals surface area contributed by atoms with E-state index in [0.717, 1.165) is 45.0 Å². The summed E-state index contributed by atoms with van der Waals surface area (Å²) < 4.78 is 17.6. The van der Waals surface area contributed by atoms with Crippen LogP contribution < -0.4 is 19.7 Å². The maximum absolute atomic E-state index is 13.2. The number of carbonyl (C=O) groups is 1. The van der Waals surface area contributed by atoms with Crippen molar-refractivity contribution in [2.24, 2.45) is 0 Å². The van der Waals surface area contributed by atoms with E-state index >= 15 is 0 Å². The molecule has 13 heteroatoms. The quantitative estimate of drug-likeness (QED) is 0.132. The van der Waals surface area contributed by atoms with Crippen molar-refractivity contribution >= 4 is 60.0 Å². The number of piperazine rings is 1. The third-order valence-electron chi connectivity index (χ3n) is 9.82. The van der Waals surface area contributed by atoms with Crippen LogP contribution in [0.5, 0.6) is 11.5 Å². The highest BCUT2D eigenvalue weighted by Crippen LogP contribution is 2.46. The van der Waals surface area contributed by atoms with E-state index in [1.165, 1.54) is 14.2 Å². The van der Waals surface area contributed by atoms with Crippen molar-refractivity contribution in [2.75, 3.05) is 63.8 Å². The van der Waals surface area contributed by atoms with Crippen LogP contribution in [0.3, 0.4) is 0 Å². The van der Waals surface area contributed by atoms with E-state index in [0.29, 0.717) is 71.8 Å².